The Hall–Kier alpha value is -3.45. The number of aromatic amines is 1. The second-order valence-corrected chi connectivity index (χ2v) is 7.41. The molecule has 2 heterocycles. The summed E-state index contributed by atoms with van der Waals surface area (Å²) in [6.07, 6.45) is 1.92. The Bertz CT molecular complexity index is 1150. The number of nitrogens with one attached hydrogen (secondary N) is 1. The highest BCUT2D eigenvalue weighted by molar-refractivity contribution is 7.10. The number of nitrogens with zero attached hydrogens (tertiary/aromatic N) is 2. The molecular formula is C21H17N3O3S. The molecule has 1 N–H and O–H groups in total. The van der Waals surface area contributed by atoms with Crippen molar-refractivity contribution in [1.29, 1.82) is 0 Å². The maximum Gasteiger partial charge on any atom is 0.270 e. The lowest BCUT2D eigenvalue weighted by Crippen LogP contribution is -2.31. The number of hydrogen-bond acceptors (Lipinski definition) is 4. The Kier molecular flexibility index (Phi) is 4.67. The number of carbonyl (C=O) groups excluding carboxylic acids is 1. The zero-order valence-corrected chi connectivity index (χ0v) is 15.8. The van der Waals surface area contributed by atoms with Gasteiger partial charge in [-0.25, -0.2) is 0 Å². The van der Waals surface area contributed by atoms with E-state index >= 15 is 0 Å². The molecule has 0 aliphatic rings. The zero-order valence-electron chi connectivity index (χ0n) is 15.0. The second kappa shape index (κ2) is 7.28. The second-order valence-electron chi connectivity index (χ2n) is 6.43. The Morgan fingerprint density at radius 3 is 2.71 bits per heavy atom. The van der Waals surface area contributed by atoms with Crippen LogP contribution >= 0.6 is 11.3 Å². The van der Waals surface area contributed by atoms with Gasteiger partial charge in [-0.1, -0.05) is 30.3 Å². The van der Waals surface area contributed by atoms with Gasteiger partial charge in [0, 0.05) is 52.3 Å². The number of thiophene rings is 1. The average molecular weight is 391 g/mol. The average Bonchev–Trinajstić information content (AvgIpc) is 3.39. The maximum absolute atomic E-state index is 13.2. The van der Waals surface area contributed by atoms with Gasteiger partial charge in [-0.05, 0) is 23.6 Å². The molecule has 1 atom stereocenters. The normalized spacial score (nSPS) is 12.0. The van der Waals surface area contributed by atoms with Crippen LogP contribution in [-0.4, -0.2) is 27.8 Å². The number of carbonyl (C=O) groups is 1. The molecule has 0 bridgehead atoms. The summed E-state index contributed by atoms with van der Waals surface area (Å²) in [4.78, 5) is 29.7. The minimum atomic E-state index is -0.493. The third-order valence-electron chi connectivity index (χ3n) is 4.74. The van der Waals surface area contributed by atoms with Crippen LogP contribution in [0.25, 0.3) is 10.9 Å². The summed E-state index contributed by atoms with van der Waals surface area (Å²) in [7, 11) is 1.73. The molecule has 0 radical (unpaired) electrons. The highest BCUT2D eigenvalue weighted by Gasteiger charge is 2.28. The smallest absolute Gasteiger partial charge is 0.270 e. The van der Waals surface area contributed by atoms with Gasteiger partial charge in [-0.2, -0.15) is 0 Å². The molecule has 4 rings (SSSR count). The van der Waals surface area contributed by atoms with Crippen molar-refractivity contribution >= 4 is 33.8 Å². The predicted octanol–water partition coefficient (Wildman–Crippen LogP) is 5.00. The van der Waals surface area contributed by atoms with E-state index in [1.165, 1.54) is 18.2 Å². The van der Waals surface area contributed by atoms with Crippen LogP contribution in [0, 0.1) is 10.1 Å². The molecule has 2 aromatic carbocycles. The molecule has 0 spiro atoms. The van der Waals surface area contributed by atoms with Crippen molar-refractivity contribution < 1.29 is 9.72 Å². The van der Waals surface area contributed by atoms with Crippen LogP contribution in [0.15, 0.2) is 72.2 Å². The Labute approximate surface area is 165 Å². The minimum absolute atomic E-state index is 0.0981. The van der Waals surface area contributed by atoms with E-state index in [2.05, 4.69) is 4.98 Å². The summed E-state index contributed by atoms with van der Waals surface area (Å²) in [6, 6.07) is 17.4. The van der Waals surface area contributed by atoms with Crippen LogP contribution < -0.4 is 0 Å². The molecule has 0 saturated heterocycles. The zero-order chi connectivity index (χ0) is 19.7. The fraction of sp³-hybridized carbons (Fsp3) is 0.0952. The van der Waals surface area contributed by atoms with Gasteiger partial charge in [-0.3, -0.25) is 14.9 Å². The van der Waals surface area contributed by atoms with E-state index in [9.17, 15) is 14.9 Å². The van der Waals surface area contributed by atoms with Gasteiger partial charge in [0.15, 0.2) is 0 Å². The van der Waals surface area contributed by atoms with Gasteiger partial charge in [0.1, 0.15) is 0 Å². The molecule has 0 aliphatic heterocycles. The first-order valence-corrected chi connectivity index (χ1v) is 9.55. The fourth-order valence-electron chi connectivity index (χ4n) is 3.39. The van der Waals surface area contributed by atoms with E-state index in [1.54, 1.807) is 29.4 Å². The molecular weight excluding hydrogens is 374 g/mol. The Morgan fingerprint density at radius 1 is 1.14 bits per heavy atom. The van der Waals surface area contributed by atoms with Crippen molar-refractivity contribution in [2.75, 3.05) is 7.05 Å². The molecule has 1 amide bonds. The summed E-state index contributed by atoms with van der Waals surface area (Å²) in [5, 5.41) is 14.1. The van der Waals surface area contributed by atoms with Gasteiger partial charge < -0.3 is 9.88 Å². The van der Waals surface area contributed by atoms with Crippen LogP contribution in [0.4, 0.5) is 5.69 Å². The number of aromatic nitrogens is 1. The third-order valence-corrected chi connectivity index (χ3v) is 5.66. The maximum atomic E-state index is 13.2. The lowest BCUT2D eigenvalue weighted by Gasteiger charge is -2.27. The Balaban J connectivity index is 1.78. The largest absolute Gasteiger partial charge is 0.361 e. The number of benzene rings is 2. The van der Waals surface area contributed by atoms with Crippen molar-refractivity contribution in [3.8, 4) is 0 Å². The number of amides is 1. The van der Waals surface area contributed by atoms with Gasteiger partial charge in [0.05, 0.1) is 11.0 Å². The number of non-ortho nitro benzene ring substituents is 1. The first kappa shape index (κ1) is 17.9. The van der Waals surface area contributed by atoms with E-state index in [1.807, 2.05) is 48.0 Å². The van der Waals surface area contributed by atoms with Crippen molar-refractivity contribution in [2.45, 2.75) is 6.04 Å². The van der Waals surface area contributed by atoms with E-state index in [0.717, 1.165) is 21.3 Å². The van der Waals surface area contributed by atoms with Crippen molar-refractivity contribution in [3.05, 3.63) is 98.4 Å². The quantitative estimate of drug-likeness (QED) is 0.384. The topological polar surface area (TPSA) is 79.2 Å². The molecule has 140 valence electrons. The van der Waals surface area contributed by atoms with Crippen LogP contribution in [0.2, 0.25) is 0 Å². The van der Waals surface area contributed by atoms with Gasteiger partial charge in [-0.15, -0.1) is 11.3 Å². The molecule has 4 aromatic rings. The lowest BCUT2D eigenvalue weighted by atomic mass is 10.0. The highest BCUT2D eigenvalue weighted by atomic mass is 32.1. The van der Waals surface area contributed by atoms with Crippen LogP contribution in [-0.2, 0) is 0 Å². The predicted molar refractivity (Wildman–Crippen MR) is 110 cm³/mol. The van der Waals surface area contributed by atoms with Crippen molar-refractivity contribution in [2.24, 2.45) is 0 Å². The van der Waals surface area contributed by atoms with Crippen molar-refractivity contribution in [3.63, 3.8) is 0 Å². The van der Waals surface area contributed by atoms with E-state index in [-0.39, 0.29) is 23.2 Å². The fourth-order valence-corrected chi connectivity index (χ4v) is 4.28. The summed E-state index contributed by atoms with van der Waals surface area (Å²) >= 11 is 1.57. The number of rotatable bonds is 5. The van der Waals surface area contributed by atoms with Crippen LogP contribution in [0.5, 0.6) is 0 Å². The molecule has 0 aliphatic carbocycles. The van der Waals surface area contributed by atoms with Gasteiger partial charge in [0.2, 0.25) is 0 Å². The molecule has 6 nitrogen and oxygen atoms in total. The third kappa shape index (κ3) is 3.16. The van der Waals surface area contributed by atoms with E-state index in [0.29, 0.717) is 0 Å². The monoisotopic (exact) mass is 391 g/mol. The number of H-pyrrole nitrogens is 1. The first-order chi connectivity index (χ1) is 13.6. The minimum Gasteiger partial charge on any atom is -0.361 e. The van der Waals surface area contributed by atoms with Crippen LogP contribution in [0.3, 0.4) is 0 Å². The lowest BCUT2D eigenvalue weighted by molar-refractivity contribution is -0.384. The number of nitro benzene ring substituents is 1. The van der Waals surface area contributed by atoms with E-state index in [4.69, 9.17) is 0 Å². The molecule has 0 saturated carbocycles. The van der Waals surface area contributed by atoms with Gasteiger partial charge in [0.25, 0.3) is 11.6 Å². The molecule has 28 heavy (non-hydrogen) atoms. The molecule has 1 unspecified atom stereocenters. The van der Waals surface area contributed by atoms with E-state index < -0.39 is 4.92 Å². The summed E-state index contributed by atoms with van der Waals surface area (Å²) < 4.78 is 0. The van der Waals surface area contributed by atoms with Crippen molar-refractivity contribution in [1.82, 2.24) is 9.88 Å². The SMILES string of the molecule is CN(C(=O)c1cccc([N+](=O)[O-])c1)C(c1cccs1)c1c[nH]c2ccccc12. The Morgan fingerprint density at radius 2 is 1.96 bits per heavy atom. The number of hydrogen-bond donors (Lipinski definition) is 1. The molecule has 7 heteroatoms. The summed E-state index contributed by atoms with van der Waals surface area (Å²) in [6.45, 7) is 0. The molecule has 0 fully saturated rings. The molecule has 2 aromatic heterocycles. The number of fused-ring (bicyclic) bond motifs is 1. The highest BCUT2D eigenvalue weighted by Crippen LogP contribution is 2.36. The standard InChI is InChI=1S/C21H17N3O3S/c1-23(21(25)14-6-4-7-15(12-14)24(26)27)20(19-10-5-11-28-19)17-13-22-18-9-3-2-8-16(17)18/h2-13,20,22H,1H3. The summed E-state index contributed by atoms with van der Waals surface area (Å²) in [5.74, 6) is -0.271. The number of nitro groups is 1. The first-order valence-electron chi connectivity index (χ1n) is 8.67. The van der Waals surface area contributed by atoms with Crippen LogP contribution in [0.1, 0.15) is 26.8 Å². The number of para-hydroxylation sites is 1. The van der Waals surface area contributed by atoms with Gasteiger partial charge >= 0.3 is 0 Å². The summed E-state index contributed by atoms with van der Waals surface area (Å²) in [5.41, 5.74) is 2.17.